The number of carbonyl (C=O) groups is 2. The van der Waals surface area contributed by atoms with E-state index in [0.29, 0.717) is 45.8 Å². The van der Waals surface area contributed by atoms with Gasteiger partial charge in [-0.3, -0.25) is 19.1 Å². The lowest BCUT2D eigenvalue weighted by Crippen LogP contribution is -2.23. The summed E-state index contributed by atoms with van der Waals surface area (Å²) in [4.78, 5) is 28.4. The highest BCUT2D eigenvalue weighted by molar-refractivity contribution is 7.98. The third kappa shape index (κ3) is 6.66. The fourth-order valence-corrected chi connectivity index (χ4v) is 8.93. The van der Waals surface area contributed by atoms with Crippen molar-refractivity contribution in [3.63, 3.8) is 0 Å². The summed E-state index contributed by atoms with van der Waals surface area (Å²) >= 11 is 8.61. The molecule has 14 heteroatoms. The zero-order valence-corrected chi connectivity index (χ0v) is 31.9. The molecule has 11 nitrogen and oxygen atoms in total. The van der Waals surface area contributed by atoms with E-state index in [2.05, 4.69) is 22.7 Å². The van der Waals surface area contributed by atoms with Crippen LogP contribution in [-0.4, -0.2) is 67.3 Å². The molecule has 0 radical (unpaired) electrons. The fraction of sp³-hybridized carbons (Fsp3) is 0.333. The average molecular weight is 759 g/mol. The van der Waals surface area contributed by atoms with E-state index in [-0.39, 0.29) is 30.0 Å². The molecular formula is C39H40ClFN6O5S. The number of hydrogen-bond donors (Lipinski definition) is 1. The lowest BCUT2D eigenvalue weighted by atomic mass is 9.95. The number of aromatic nitrogens is 5. The molecule has 0 amide bonds. The average Bonchev–Trinajstić information content (AvgIpc) is 3.86. The number of nitrogens with zero attached hydrogens (tertiary/aromatic N) is 6. The molecule has 0 unspecified atom stereocenters. The molecule has 0 spiro atoms. The minimum absolute atomic E-state index is 0.00235. The maximum Gasteiger partial charge on any atom is 0.354 e. The number of esters is 2. The quantitative estimate of drug-likeness (QED) is 0.106. The van der Waals surface area contributed by atoms with Gasteiger partial charge in [-0.1, -0.05) is 17.7 Å². The molecule has 6 aromatic rings. The summed E-state index contributed by atoms with van der Waals surface area (Å²) in [6.45, 7) is 3.29. The van der Waals surface area contributed by atoms with Crippen molar-refractivity contribution in [1.29, 1.82) is 0 Å². The summed E-state index contributed by atoms with van der Waals surface area (Å²) in [6.07, 6.45) is 1.24. The van der Waals surface area contributed by atoms with E-state index in [9.17, 15) is 19.1 Å². The number of rotatable bonds is 11. The zero-order chi connectivity index (χ0) is 37.7. The van der Waals surface area contributed by atoms with E-state index >= 15 is 0 Å². The Bertz CT molecular complexity index is 2420. The Morgan fingerprint density at radius 3 is 2.58 bits per heavy atom. The Kier molecular flexibility index (Phi) is 10.0. The van der Waals surface area contributed by atoms with E-state index in [4.69, 9.17) is 31.3 Å². The number of aryl methyl sites for hydroxylation is 5. The van der Waals surface area contributed by atoms with Crippen molar-refractivity contribution in [2.45, 2.75) is 56.0 Å². The normalized spacial score (nSPS) is 14.1. The second-order valence-corrected chi connectivity index (χ2v) is 14.9. The van der Waals surface area contributed by atoms with Gasteiger partial charge in [-0.15, -0.1) is 11.8 Å². The Hall–Kier alpha value is -4.85. The first-order valence-electron chi connectivity index (χ1n) is 17.2. The SMILES string of the molecule is COC(=O)CCc1c(C(=O)OC)n(C)c2c(-c3c(C)nn4c3[C@H](N(C)Cc3cc(CSc5cc(O)c6ccc(F)cc6c5)n(C)n3)CC4)c(Cl)ccc12. The highest BCUT2D eigenvalue weighted by Crippen LogP contribution is 2.46. The molecular weight excluding hydrogens is 719 g/mol. The lowest BCUT2D eigenvalue weighted by molar-refractivity contribution is -0.140. The van der Waals surface area contributed by atoms with Crippen LogP contribution in [-0.2, 0) is 53.6 Å². The van der Waals surface area contributed by atoms with E-state index in [0.717, 1.165) is 62.7 Å². The van der Waals surface area contributed by atoms with E-state index < -0.39 is 5.97 Å². The maximum atomic E-state index is 13.9. The highest BCUT2D eigenvalue weighted by Gasteiger charge is 2.35. The number of halogens is 2. The van der Waals surface area contributed by atoms with Gasteiger partial charge >= 0.3 is 11.9 Å². The van der Waals surface area contributed by atoms with Gasteiger partial charge in [0.25, 0.3) is 0 Å². The van der Waals surface area contributed by atoms with Crippen LogP contribution < -0.4 is 0 Å². The Morgan fingerprint density at radius 1 is 1.06 bits per heavy atom. The third-order valence-corrected chi connectivity index (χ3v) is 11.5. The van der Waals surface area contributed by atoms with Gasteiger partial charge in [0.2, 0.25) is 0 Å². The number of aromatic hydroxyl groups is 1. The number of phenolic OH excluding ortho intramolecular Hbond substituents is 1. The van der Waals surface area contributed by atoms with Crippen molar-refractivity contribution in [1.82, 2.24) is 29.0 Å². The topological polar surface area (TPSA) is 117 Å². The number of phenols is 1. The van der Waals surface area contributed by atoms with Crippen LogP contribution in [0, 0.1) is 12.7 Å². The molecule has 3 aromatic heterocycles. The molecule has 1 aliphatic heterocycles. The molecule has 3 aromatic carbocycles. The molecule has 0 fully saturated rings. The van der Waals surface area contributed by atoms with Crippen molar-refractivity contribution in [3.05, 3.63) is 93.4 Å². The van der Waals surface area contributed by atoms with Gasteiger partial charge in [0.15, 0.2) is 0 Å². The zero-order valence-electron chi connectivity index (χ0n) is 30.4. The van der Waals surface area contributed by atoms with Gasteiger partial charge in [-0.2, -0.15) is 10.2 Å². The van der Waals surface area contributed by atoms with Crippen LogP contribution in [0.4, 0.5) is 4.39 Å². The minimum atomic E-state index is -0.501. The largest absolute Gasteiger partial charge is 0.507 e. The molecule has 1 aliphatic rings. The summed E-state index contributed by atoms with van der Waals surface area (Å²) in [5.74, 6) is -0.484. The van der Waals surface area contributed by atoms with Crippen LogP contribution in [0.25, 0.3) is 32.8 Å². The van der Waals surface area contributed by atoms with Crippen molar-refractivity contribution in [2.75, 3.05) is 21.3 Å². The second-order valence-electron chi connectivity index (χ2n) is 13.4. The Labute approximate surface area is 315 Å². The molecule has 53 heavy (non-hydrogen) atoms. The third-order valence-electron chi connectivity index (χ3n) is 10.2. The smallest absolute Gasteiger partial charge is 0.354 e. The van der Waals surface area contributed by atoms with Gasteiger partial charge < -0.3 is 19.1 Å². The number of methoxy groups -OCH3 is 2. The molecule has 7 rings (SSSR count). The first-order valence-corrected chi connectivity index (χ1v) is 18.6. The van der Waals surface area contributed by atoms with Crippen LogP contribution in [0.2, 0.25) is 5.02 Å². The fourth-order valence-electron chi connectivity index (χ4n) is 7.69. The molecule has 1 atom stereocenters. The molecule has 0 bridgehead atoms. The van der Waals surface area contributed by atoms with E-state index in [1.807, 2.05) is 48.5 Å². The van der Waals surface area contributed by atoms with Crippen molar-refractivity contribution < 1.29 is 28.6 Å². The van der Waals surface area contributed by atoms with Crippen molar-refractivity contribution >= 4 is 57.0 Å². The van der Waals surface area contributed by atoms with Gasteiger partial charge in [-0.25, -0.2) is 9.18 Å². The van der Waals surface area contributed by atoms with Gasteiger partial charge in [-0.05, 0) is 80.2 Å². The maximum absolute atomic E-state index is 13.9. The number of fused-ring (bicyclic) bond motifs is 3. The molecule has 276 valence electrons. The van der Waals surface area contributed by atoms with Crippen LogP contribution in [0.5, 0.6) is 5.75 Å². The Morgan fingerprint density at radius 2 is 1.83 bits per heavy atom. The standard InChI is InChI=1S/C39H40ClFN6O5S/c1-21-34(35-30(40)11-9-28-29(10-12-33(49)51-5)37(39(50)52-6)45(3)36(28)35)38-31(13-14-47(38)42-21)44(2)19-24-17-25(46(4)43-24)20-53-26-16-22-15-23(41)7-8-27(22)32(48)18-26/h7-9,11,15-18,31,48H,10,12-14,19-20H2,1-6H3/t31-/m1/s1. The molecule has 1 N–H and O–H groups in total. The van der Waals surface area contributed by atoms with Gasteiger partial charge in [0.1, 0.15) is 17.3 Å². The molecule has 0 aliphatic carbocycles. The molecule has 0 saturated heterocycles. The number of hydrogen-bond acceptors (Lipinski definition) is 9. The summed E-state index contributed by atoms with van der Waals surface area (Å²) in [7, 11) is 8.51. The summed E-state index contributed by atoms with van der Waals surface area (Å²) < 4.78 is 29.7. The van der Waals surface area contributed by atoms with Gasteiger partial charge in [0, 0.05) is 71.8 Å². The van der Waals surface area contributed by atoms with Crippen LogP contribution in [0.3, 0.4) is 0 Å². The summed E-state index contributed by atoms with van der Waals surface area (Å²) in [5, 5.41) is 22.9. The van der Waals surface area contributed by atoms with E-state index in [1.165, 1.54) is 26.4 Å². The Balaban J connectivity index is 1.18. The first kappa shape index (κ1) is 36.5. The predicted octanol–water partition coefficient (Wildman–Crippen LogP) is 7.50. The highest BCUT2D eigenvalue weighted by atomic mass is 35.5. The summed E-state index contributed by atoms with van der Waals surface area (Å²) in [6, 6.07) is 13.8. The number of carbonyl (C=O) groups excluding carboxylic acids is 2. The molecule has 4 heterocycles. The number of thioether (sulfide) groups is 1. The van der Waals surface area contributed by atoms with Crippen LogP contribution in [0.15, 0.2) is 53.4 Å². The number of benzene rings is 3. The summed E-state index contributed by atoms with van der Waals surface area (Å²) in [5.41, 5.74) is 7.30. The van der Waals surface area contributed by atoms with Crippen molar-refractivity contribution in [3.8, 4) is 16.9 Å². The monoisotopic (exact) mass is 758 g/mol. The van der Waals surface area contributed by atoms with Crippen LogP contribution >= 0.6 is 23.4 Å². The van der Waals surface area contributed by atoms with E-state index in [1.54, 1.807) is 23.9 Å². The second kappa shape index (κ2) is 14.5. The predicted molar refractivity (Wildman–Crippen MR) is 203 cm³/mol. The van der Waals surface area contributed by atoms with Crippen LogP contribution in [0.1, 0.15) is 57.7 Å². The minimum Gasteiger partial charge on any atom is -0.507 e. The molecule has 0 saturated carbocycles. The first-order chi connectivity index (χ1) is 25.4. The number of ether oxygens (including phenoxy) is 2. The van der Waals surface area contributed by atoms with Crippen molar-refractivity contribution in [2.24, 2.45) is 14.1 Å². The lowest BCUT2D eigenvalue weighted by Gasteiger charge is -2.24. The van der Waals surface area contributed by atoms with Gasteiger partial charge in [0.05, 0.1) is 47.9 Å².